The number of rotatable bonds is 7. The van der Waals surface area contributed by atoms with Crippen molar-refractivity contribution in [1.29, 1.82) is 0 Å². The lowest BCUT2D eigenvalue weighted by atomic mass is 9.89. The molecule has 1 aromatic heterocycles. The largest absolute Gasteiger partial charge is 0.497 e. The number of hydrogen-bond donors (Lipinski definition) is 1. The van der Waals surface area contributed by atoms with E-state index in [2.05, 4.69) is 10.3 Å². The summed E-state index contributed by atoms with van der Waals surface area (Å²) in [4.78, 5) is 48.1. The fraction of sp³-hybridized carbons (Fsp3) is 0.357. The maximum atomic E-state index is 13.4. The molecule has 1 saturated heterocycles. The molecule has 3 aromatic rings. The second-order valence-corrected chi connectivity index (χ2v) is 10.3. The number of piperazine rings is 1. The molecule has 2 aromatic carbocycles. The Morgan fingerprint density at radius 3 is 2.41 bits per heavy atom. The molecule has 0 atom stereocenters. The molecule has 2 amide bonds. The number of anilines is 3. The van der Waals surface area contributed by atoms with E-state index in [0.29, 0.717) is 28.7 Å². The molecule has 1 saturated carbocycles. The van der Waals surface area contributed by atoms with Gasteiger partial charge in [-0.1, -0.05) is 60.9 Å². The number of carbonyl (C=O) groups is 3. The van der Waals surface area contributed by atoms with Crippen molar-refractivity contribution >= 4 is 45.6 Å². The highest BCUT2D eigenvalue weighted by molar-refractivity contribution is 7.18. The van der Waals surface area contributed by atoms with Crippen molar-refractivity contribution < 1.29 is 19.1 Å². The third-order valence-electron chi connectivity index (χ3n) is 6.95. The van der Waals surface area contributed by atoms with Gasteiger partial charge in [-0.15, -0.1) is 0 Å². The van der Waals surface area contributed by atoms with Crippen molar-refractivity contribution in [2.75, 3.05) is 41.9 Å². The fourth-order valence-corrected chi connectivity index (χ4v) is 5.87. The Bertz CT molecular complexity index is 1270. The molecule has 2 fully saturated rings. The smallest absolute Gasteiger partial charge is 0.246 e. The quantitative estimate of drug-likeness (QED) is 0.454. The van der Waals surface area contributed by atoms with E-state index in [0.717, 1.165) is 43.5 Å². The highest BCUT2D eigenvalue weighted by Gasteiger charge is 2.30. The van der Waals surface area contributed by atoms with E-state index in [4.69, 9.17) is 4.74 Å². The van der Waals surface area contributed by atoms with E-state index in [-0.39, 0.29) is 35.9 Å². The molecule has 0 bridgehead atoms. The van der Waals surface area contributed by atoms with Gasteiger partial charge < -0.3 is 19.9 Å². The van der Waals surface area contributed by atoms with Gasteiger partial charge in [0.2, 0.25) is 17.6 Å². The van der Waals surface area contributed by atoms with Gasteiger partial charge >= 0.3 is 0 Å². The Balaban J connectivity index is 1.37. The molecule has 2 heterocycles. The molecule has 37 heavy (non-hydrogen) atoms. The summed E-state index contributed by atoms with van der Waals surface area (Å²) >= 11 is 1.22. The molecule has 1 N–H and O–H groups in total. The number of aromatic nitrogens is 1. The summed E-state index contributed by atoms with van der Waals surface area (Å²) in [5.74, 6) is 0.625. The first-order valence-electron chi connectivity index (χ1n) is 12.6. The first-order chi connectivity index (χ1) is 18.0. The van der Waals surface area contributed by atoms with Gasteiger partial charge in [-0.25, -0.2) is 4.98 Å². The summed E-state index contributed by atoms with van der Waals surface area (Å²) in [6.45, 7) is 1.17. The first-order valence-corrected chi connectivity index (χ1v) is 13.5. The molecule has 1 aliphatic heterocycles. The summed E-state index contributed by atoms with van der Waals surface area (Å²) in [5, 5.41) is 3.51. The Labute approximate surface area is 220 Å². The van der Waals surface area contributed by atoms with E-state index < -0.39 is 0 Å². The molecule has 5 rings (SSSR count). The lowest BCUT2D eigenvalue weighted by molar-refractivity contribution is -0.121. The summed E-state index contributed by atoms with van der Waals surface area (Å²) in [6, 6.07) is 16.4. The van der Waals surface area contributed by atoms with Gasteiger partial charge in [0, 0.05) is 30.3 Å². The predicted octanol–water partition coefficient (Wildman–Crippen LogP) is 4.75. The van der Waals surface area contributed by atoms with E-state index in [1.165, 1.54) is 11.3 Å². The van der Waals surface area contributed by atoms with Crippen LogP contribution < -0.4 is 19.9 Å². The van der Waals surface area contributed by atoms with Crippen LogP contribution in [0.25, 0.3) is 0 Å². The van der Waals surface area contributed by atoms with E-state index in [1.54, 1.807) is 24.1 Å². The second kappa shape index (κ2) is 11.1. The zero-order valence-electron chi connectivity index (χ0n) is 20.8. The Morgan fingerprint density at radius 1 is 1.00 bits per heavy atom. The molecule has 1 aliphatic carbocycles. The van der Waals surface area contributed by atoms with Gasteiger partial charge in [0.15, 0.2) is 10.9 Å². The summed E-state index contributed by atoms with van der Waals surface area (Å²) in [5.41, 5.74) is 1.34. The summed E-state index contributed by atoms with van der Waals surface area (Å²) < 4.78 is 5.21. The number of nitrogens with zero attached hydrogens (tertiary/aromatic N) is 3. The minimum Gasteiger partial charge on any atom is -0.497 e. The van der Waals surface area contributed by atoms with E-state index >= 15 is 0 Å². The van der Waals surface area contributed by atoms with Crippen LogP contribution in [-0.4, -0.2) is 49.3 Å². The molecular formula is C28H30N4O4S. The van der Waals surface area contributed by atoms with Gasteiger partial charge in [-0.2, -0.15) is 0 Å². The summed E-state index contributed by atoms with van der Waals surface area (Å²) in [6.07, 6.45) is 4.94. The second-order valence-electron chi connectivity index (χ2n) is 9.36. The average Bonchev–Trinajstić information content (AvgIpc) is 3.37. The molecule has 192 valence electrons. The SMILES string of the molecule is COc1ccc(N2CCN(c3nc(NC(=O)C4CCCCC4)c(C(=O)c4ccccc4)s3)CC2=O)cc1. The van der Waals surface area contributed by atoms with Crippen LogP contribution >= 0.6 is 11.3 Å². The number of ether oxygens (including phenoxy) is 1. The van der Waals surface area contributed by atoms with Crippen molar-refractivity contribution in [1.82, 2.24) is 4.98 Å². The molecule has 0 spiro atoms. The van der Waals surface area contributed by atoms with Crippen LogP contribution in [0.2, 0.25) is 0 Å². The monoisotopic (exact) mass is 518 g/mol. The number of amides is 2. The zero-order chi connectivity index (χ0) is 25.8. The van der Waals surface area contributed by atoms with Crippen LogP contribution in [0.4, 0.5) is 16.6 Å². The molecule has 0 unspecified atom stereocenters. The van der Waals surface area contributed by atoms with Crippen molar-refractivity contribution in [2.24, 2.45) is 5.92 Å². The minimum absolute atomic E-state index is 0.0599. The fourth-order valence-electron chi connectivity index (χ4n) is 4.86. The number of thiazole rings is 1. The molecule has 8 nitrogen and oxygen atoms in total. The number of benzene rings is 2. The number of ketones is 1. The van der Waals surface area contributed by atoms with E-state index in [9.17, 15) is 14.4 Å². The standard InChI is InChI=1S/C28H30N4O4S/c1-36-22-14-12-21(13-15-22)32-17-16-31(18-23(32)33)28-30-26(29-27(35)20-10-6-3-7-11-20)25(37-28)24(34)19-8-4-2-5-9-19/h2,4-5,8-9,12-15,20H,3,6-7,10-11,16-18H2,1H3,(H,29,35). The Kier molecular flexibility index (Phi) is 7.50. The lowest BCUT2D eigenvalue weighted by Gasteiger charge is -2.34. The van der Waals surface area contributed by atoms with Crippen LogP contribution in [0.5, 0.6) is 5.75 Å². The van der Waals surface area contributed by atoms with Crippen LogP contribution in [0.15, 0.2) is 54.6 Å². The molecule has 9 heteroatoms. The van der Waals surface area contributed by atoms with Gasteiger partial charge in [0.1, 0.15) is 10.6 Å². The normalized spacial score (nSPS) is 16.5. The maximum absolute atomic E-state index is 13.4. The van der Waals surface area contributed by atoms with Gasteiger partial charge in [-0.3, -0.25) is 14.4 Å². The first kappa shape index (κ1) is 25.0. The topological polar surface area (TPSA) is 91.8 Å². The minimum atomic E-state index is -0.188. The van der Waals surface area contributed by atoms with Crippen LogP contribution in [0.3, 0.4) is 0 Å². The number of methoxy groups -OCH3 is 1. The van der Waals surface area contributed by atoms with Crippen molar-refractivity contribution in [3.63, 3.8) is 0 Å². The number of nitrogens with one attached hydrogen (secondary N) is 1. The zero-order valence-corrected chi connectivity index (χ0v) is 21.6. The maximum Gasteiger partial charge on any atom is 0.246 e. The van der Waals surface area contributed by atoms with Crippen LogP contribution in [-0.2, 0) is 9.59 Å². The molecule has 0 radical (unpaired) electrons. The predicted molar refractivity (Wildman–Crippen MR) is 145 cm³/mol. The van der Waals surface area contributed by atoms with Crippen LogP contribution in [0, 0.1) is 5.92 Å². The van der Waals surface area contributed by atoms with Gasteiger partial charge in [-0.05, 0) is 37.1 Å². The van der Waals surface area contributed by atoms with Gasteiger partial charge in [0.05, 0.1) is 13.7 Å². The third kappa shape index (κ3) is 5.51. The molecular weight excluding hydrogens is 488 g/mol. The highest BCUT2D eigenvalue weighted by atomic mass is 32.1. The van der Waals surface area contributed by atoms with Crippen LogP contribution in [0.1, 0.15) is 47.3 Å². The van der Waals surface area contributed by atoms with Crippen molar-refractivity contribution in [2.45, 2.75) is 32.1 Å². The van der Waals surface area contributed by atoms with E-state index in [1.807, 2.05) is 47.4 Å². The van der Waals surface area contributed by atoms with Gasteiger partial charge in [0.25, 0.3) is 0 Å². The third-order valence-corrected chi connectivity index (χ3v) is 8.07. The Morgan fingerprint density at radius 2 is 1.73 bits per heavy atom. The van der Waals surface area contributed by atoms with Crippen molar-refractivity contribution in [3.05, 3.63) is 65.0 Å². The Hall–Kier alpha value is -3.72. The molecule has 2 aliphatic rings. The number of hydrogen-bond acceptors (Lipinski definition) is 7. The average molecular weight is 519 g/mol. The number of carbonyl (C=O) groups excluding carboxylic acids is 3. The lowest BCUT2D eigenvalue weighted by Crippen LogP contribution is -2.50. The summed E-state index contributed by atoms with van der Waals surface area (Å²) in [7, 11) is 1.61. The highest BCUT2D eigenvalue weighted by Crippen LogP contribution is 2.34. The van der Waals surface area contributed by atoms with Crippen molar-refractivity contribution in [3.8, 4) is 5.75 Å².